The molecule has 2 rings (SSSR count). The molecular formula is C20H25N3O8S2. The Bertz CT molecular complexity index is 1140. The maximum atomic E-state index is 12.4. The number of hydrogen-bond donors (Lipinski definition) is 0. The number of aryl methyl sites for hydroxylation is 2. The first-order valence-electron chi connectivity index (χ1n) is 9.80. The van der Waals surface area contributed by atoms with Crippen molar-refractivity contribution in [1.82, 2.24) is 0 Å². The molecule has 2 aromatic rings. The number of hydrogen-bond acceptors (Lipinski definition) is 9. The summed E-state index contributed by atoms with van der Waals surface area (Å²) in [6, 6.07) is 12.2. The fourth-order valence-electron chi connectivity index (χ4n) is 2.43. The summed E-state index contributed by atoms with van der Waals surface area (Å²) in [6.07, 6.45) is -1.18. The first-order valence-corrected chi connectivity index (χ1v) is 12.6. The highest BCUT2D eigenvalue weighted by Crippen LogP contribution is 2.15. The maximum Gasteiger partial charge on any atom is 0.297 e. The van der Waals surface area contributed by atoms with Gasteiger partial charge in [-0.3, -0.25) is 8.37 Å². The van der Waals surface area contributed by atoms with Gasteiger partial charge in [0.05, 0.1) is 29.6 Å². The van der Waals surface area contributed by atoms with Crippen LogP contribution < -0.4 is 0 Å². The minimum Gasteiger partial charge on any atom is -0.350 e. The van der Waals surface area contributed by atoms with Crippen LogP contribution in [0.1, 0.15) is 11.1 Å². The molecule has 0 unspecified atom stereocenters. The van der Waals surface area contributed by atoms with Gasteiger partial charge in [0.15, 0.2) is 6.29 Å². The van der Waals surface area contributed by atoms with Crippen LogP contribution in [0.3, 0.4) is 0 Å². The van der Waals surface area contributed by atoms with E-state index in [2.05, 4.69) is 10.0 Å². The van der Waals surface area contributed by atoms with Crippen molar-refractivity contribution in [3.05, 3.63) is 70.1 Å². The topological polar surface area (TPSA) is 154 Å². The summed E-state index contributed by atoms with van der Waals surface area (Å²) in [5.41, 5.74) is 10.1. The van der Waals surface area contributed by atoms with E-state index < -0.39 is 33.1 Å². The molecule has 0 aliphatic rings. The van der Waals surface area contributed by atoms with Gasteiger partial charge in [-0.25, -0.2) is 0 Å². The van der Waals surface area contributed by atoms with Gasteiger partial charge in [0.2, 0.25) is 0 Å². The third-order valence-electron chi connectivity index (χ3n) is 4.16. The third kappa shape index (κ3) is 9.10. The van der Waals surface area contributed by atoms with Crippen LogP contribution in [0.4, 0.5) is 0 Å². The van der Waals surface area contributed by atoms with E-state index in [1.807, 2.05) is 13.8 Å². The Hall–Kier alpha value is -2.51. The second-order valence-electron chi connectivity index (χ2n) is 6.77. The number of nitrogens with zero attached hydrogens (tertiary/aromatic N) is 3. The van der Waals surface area contributed by atoms with Gasteiger partial charge >= 0.3 is 0 Å². The van der Waals surface area contributed by atoms with E-state index in [9.17, 15) is 16.8 Å². The van der Waals surface area contributed by atoms with Crippen LogP contribution in [0.5, 0.6) is 0 Å². The van der Waals surface area contributed by atoms with E-state index in [0.717, 1.165) is 11.1 Å². The summed E-state index contributed by atoms with van der Waals surface area (Å²) in [4.78, 5) is 2.56. The molecule has 1 atom stereocenters. The molecule has 2 aromatic carbocycles. The summed E-state index contributed by atoms with van der Waals surface area (Å²) >= 11 is 0. The summed E-state index contributed by atoms with van der Waals surface area (Å²) in [5, 5.41) is 3.31. The van der Waals surface area contributed by atoms with E-state index in [0.29, 0.717) is 0 Å². The predicted octanol–water partition coefficient (Wildman–Crippen LogP) is 3.08. The van der Waals surface area contributed by atoms with Gasteiger partial charge in [0, 0.05) is 11.5 Å². The Labute approximate surface area is 193 Å². The van der Waals surface area contributed by atoms with E-state index in [-0.39, 0.29) is 36.2 Å². The summed E-state index contributed by atoms with van der Waals surface area (Å²) < 4.78 is 69.8. The molecule has 0 saturated heterocycles. The van der Waals surface area contributed by atoms with Crippen LogP contribution in [0.25, 0.3) is 10.4 Å². The van der Waals surface area contributed by atoms with Crippen LogP contribution in [-0.4, -0.2) is 56.1 Å². The van der Waals surface area contributed by atoms with E-state index in [1.165, 1.54) is 24.3 Å². The molecule has 0 saturated carbocycles. The molecule has 0 radical (unpaired) electrons. The smallest absolute Gasteiger partial charge is 0.297 e. The van der Waals surface area contributed by atoms with Crippen molar-refractivity contribution in [2.24, 2.45) is 5.11 Å². The SMILES string of the molecule is Cc1ccc(S(=O)(=O)OCCO[C@@H](COS(=O)(=O)c2ccc(C)cc2)OCCN=[N+]=[N-])cc1. The van der Waals surface area contributed by atoms with Crippen LogP contribution in [0.15, 0.2) is 63.4 Å². The Morgan fingerprint density at radius 1 is 0.788 bits per heavy atom. The zero-order valence-corrected chi connectivity index (χ0v) is 19.8. The fourth-order valence-corrected chi connectivity index (χ4v) is 4.22. The fraction of sp³-hybridized carbons (Fsp3) is 0.400. The second kappa shape index (κ2) is 12.7. The third-order valence-corrected chi connectivity index (χ3v) is 6.78. The predicted molar refractivity (Wildman–Crippen MR) is 118 cm³/mol. The lowest BCUT2D eigenvalue weighted by Crippen LogP contribution is -2.28. The van der Waals surface area contributed by atoms with Gasteiger partial charge in [0.1, 0.15) is 6.61 Å². The molecule has 180 valence electrons. The first-order chi connectivity index (χ1) is 15.6. The normalized spacial score (nSPS) is 12.8. The lowest BCUT2D eigenvalue weighted by atomic mass is 10.2. The highest BCUT2D eigenvalue weighted by Gasteiger charge is 2.20. The van der Waals surface area contributed by atoms with Gasteiger partial charge in [0.25, 0.3) is 20.2 Å². The average molecular weight is 500 g/mol. The minimum atomic E-state index is -4.07. The summed E-state index contributed by atoms with van der Waals surface area (Å²) in [7, 11) is -8.05. The monoisotopic (exact) mass is 499 g/mol. The standard InChI is InChI=1S/C20H25N3O8S2/c1-16-3-7-18(8-4-16)32(24,25)30-14-13-29-20(28-12-11-22-23-21)15-31-33(26,27)19-9-5-17(2)6-10-19/h3-10,20H,11-15H2,1-2H3/t20-/m0/s1. The Balaban J connectivity index is 1.92. The van der Waals surface area contributed by atoms with Crippen molar-refractivity contribution in [3.63, 3.8) is 0 Å². The minimum absolute atomic E-state index is 0.00258. The molecule has 0 N–H and O–H groups in total. The van der Waals surface area contributed by atoms with Crippen molar-refractivity contribution in [3.8, 4) is 0 Å². The van der Waals surface area contributed by atoms with Gasteiger partial charge in [-0.1, -0.05) is 40.5 Å². The average Bonchev–Trinajstić information content (AvgIpc) is 2.78. The molecule has 0 spiro atoms. The van der Waals surface area contributed by atoms with E-state index >= 15 is 0 Å². The van der Waals surface area contributed by atoms with Crippen LogP contribution >= 0.6 is 0 Å². The summed E-state index contributed by atoms with van der Waals surface area (Å²) in [6.45, 7) is 2.50. The zero-order valence-electron chi connectivity index (χ0n) is 18.2. The largest absolute Gasteiger partial charge is 0.350 e. The molecule has 0 fully saturated rings. The molecule has 0 aliphatic carbocycles. The molecular weight excluding hydrogens is 474 g/mol. The van der Waals surface area contributed by atoms with E-state index in [4.69, 9.17) is 23.4 Å². The van der Waals surface area contributed by atoms with Crippen molar-refractivity contribution < 1.29 is 34.7 Å². The molecule has 11 nitrogen and oxygen atoms in total. The van der Waals surface area contributed by atoms with Crippen molar-refractivity contribution >= 4 is 20.2 Å². The number of ether oxygens (including phenoxy) is 2. The lowest BCUT2D eigenvalue weighted by molar-refractivity contribution is -0.159. The molecule has 0 aliphatic heterocycles. The second-order valence-corrected chi connectivity index (χ2v) is 10.00. The van der Waals surface area contributed by atoms with E-state index in [1.54, 1.807) is 24.3 Å². The lowest BCUT2D eigenvalue weighted by Gasteiger charge is -2.18. The van der Waals surface area contributed by atoms with Gasteiger partial charge in [-0.05, 0) is 43.6 Å². The van der Waals surface area contributed by atoms with Crippen LogP contribution in [-0.2, 0) is 38.1 Å². The molecule has 0 heterocycles. The number of azide groups is 1. The van der Waals surface area contributed by atoms with Gasteiger partial charge < -0.3 is 9.47 Å². The molecule has 13 heteroatoms. The van der Waals surface area contributed by atoms with Gasteiger partial charge in [-0.15, -0.1) is 0 Å². The first kappa shape index (κ1) is 26.7. The molecule has 0 aromatic heterocycles. The maximum absolute atomic E-state index is 12.4. The van der Waals surface area contributed by atoms with Gasteiger partial charge in [-0.2, -0.15) is 16.8 Å². The molecule has 0 bridgehead atoms. The quantitative estimate of drug-likeness (QED) is 0.0959. The zero-order chi connectivity index (χ0) is 24.3. The highest BCUT2D eigenvalue weighted by atomic mass is 32.2. The van der Waals surface area contributed by atoms with Crippen LogP contribution in [0, 0.1) is 13.8 Å². The molecule has 33 heavy (non-hydrogen) atoms. The molecule has 0 amide bonds. The van der Waals surface area contributed by atoms with Crippen molar-refractivity contribution in [2.45, 2.75) is 29.9 Å². The highest BCUT2D eigenvalue weighted by molar-refractivity contribution is 7.87. The van der Waals surface area contributed by atoms with Crippen LogP contribution in [0.2, 0.25) is 0 Å². The Kier molecular flexibility index (Phi) is 10.3. The Morgan fingerprint density at radius 3 is 1.79 bits per heavy atom. The number of rotatable bonds is 14. The van der Waals surface area contributed by atoms with Crippen molar-refractivity contribution in [2.75, 3.05) is 33.0 Å². The number of benzene rings is 2. The summed E-state index contributed by atoms with van der Waals surface area (Å²) in [5.74, 6) is 0. The van der Waals surface area contributed by atoms with Crippen molar-refractivity contribution in [1.29, 1.82) is 0 Å². The Morgan fingerprint density at radius 2 is 1.27 bits per heavy atom.